The van der Waals surface area contributed by atoms with Gasteiger partial charge in [0.05, 0.1) is 5.41 Å². The van der Waals surface area contributed by atoms with Crippen LogP contribution in [-0.2, 0) is 4.79 Å². The molecule has 0 bridgehead atoms. The fraction of sp³-hybridized carbons (Fsp3) is 0.875. The van der Waals surface area contributed by atoms with Crippen LogP contribution in [0.25, 0.3) is 0 Å². The van der Waals surface area contributed by atoms with E-state index >= 15 is 0 Å². The summed E-state index contributed by atoms with van der Waals surface area (Å²) in [6.07, 6.45) is 4.94. The van der Waals surface area contributed by atoms with E-state index in [1.54, 1.807) is 14.1 Å². The number of carbonyl (C=O) groups is 1. The summed E-state index contributed by atoms with van der Waals surface area (Å²) in [5, 5.41) is 9.29. The number of hydrogen-bond acceptors (Lipinski definition) is 2. The van der Waals surface area contributed by atoms with E-state index in [1.165, 1.54) is 25.7 Å². The molecule has 0 radical (unpaired) electrons. The van der Waals surface area contributed by atoms with Crippen molar-refractivity contribution in [1.29, 1.82) is 0 Å². The molecule has 0 aliphatic heterocycles. The molecule has 0 aromatic heterocycles. The third-order valence-electron chi connectivity index (χ3n) is 3.86. The van der Waals surface area contributed by atoms with Crippen LogP contribution in [0.2, 0.25) is 0 Å². The van der Waals surface area contributed by atoms with Gasteiger partial charge < -0.3 is 16.0 Å². The smallest absolute Gasteiger partial charge is 0.227 e. The highest BCUT2D eigenvalue weighted by Gasteiger charge is 2.26. The first kappa shape index (κ1) is 19.7. The zero-order chi connectivity index (χ0) is 16.3. The molecule has 1 unspecified atom stereocenters. The van der Waals surface area contributed by atoms with Crippen LogP contribution in [0.15, 0.2) is 4.99 Å². The van der Waals surface area contributed by atoms with E-state index in [-0.39, 0.29) is 5.91 Å². The molecule has 1 amide bonds. The number of unbranched alkanes of at least 4 members (excludes halogenated alkanes) is 1. The fourth-order valence-corrected chi connectivity index (χ4v) is 2.13. The summed E-state index contributed by atoms with van der Waals surface area (Å²) in [5.74, 6) is 1.47. The fourth-order valence-electron chi connectivity index (χ4n) is 2.13. The Morgan fingerprint density at radius 1 is 1.24 bits per heavy atom. The van der Waals surface area contributed by atoms with Gasteiger partial charge in [0, 0.05) is 27.2 Å². The minimum atomic E-state index is -0.460. The zero-order valence-corrected chi connectivity index (χ0v) is 14.7. The second-order valence-corrected chi connectivity index (χ2v) is 6.19. The maximum absolute atomic E-state index is 11.8. The van der Waals surface area contributed by atoms with E-state index in [0.717, 1.165) is 12.5 Å². The molecule has 5 heteroatoms. The predicted molar refractivity (Wildman–Crippen MR) is 90.5 cm³/mol. The van der Waals surface area contributed by atoms with Crippen LogP contribution < -0.4 is 16.0 Å². The Morgan fingerprint density at radius 2 is 1.90 bits per heavy atom. The van der Waals surface area contributed by atoms with Crippen LogP contribution in [0.1, 0.15) is 53.4 Å². The summed E-state index contributed by atoms with van der Waals surface area (Å²) < 4.78 is 0. The van der Waals surface area contributed by atoms with Crippen molar-refractivity contribution < 1.29 is 4.79 Å². The first-order chi connectivity index (χ1) is 9.91. The lowest BCUT2D eigenvalue weighted by Gasteiger charge is -2.25. The van der Waals surface area contributed by atoms with Gasteiger partial charge in [-0.1, -0.05) is 33.1 Å². The number of nitrogens with zero attached hydrogens (tertiary/aromatic N) is 1. The molecule has 0 heterocycles. The minimum absolute atomic E-state index is 0.0276. The molecule has 1 atom stereocenters. The normalized spacial score (nSPS) is 13.7. The number of carbonyl (C=O) groups excluding carboxylic acids is 1. The van der Waals surface area contributed by atoms with Gasteiger partial charge >= 0.3 is 0 Å². The Labute approximate surface area is 130 Å². The highest BCUT2D eigenvalue weighted by atomic mass is 16.2. The van der Waals surface area contributed by atoms with Gasteiger partial charge in [-0.25, -0.2) is 0 Å². The topological polar surface area (TPSA) is 65.5 Å². The van der Waals surface area contributed by atoms with Gasteiger partial charge in [0.25, 0.3) is 0 Å². The van der Waals surface area contributed by atoms with Crippen LogP contribution in [0.5, 0.6) is 0 Å². The van der Waals surface area contributed by atoms with Crippen molar-refractivity contribution in [3.8, 4) is 0 Å². The van der Waals surface area contributed by atoms with Gasteiger partial charge in [0.2, 0.25) is 5.91 Å². The number of rotatable bonds is 9. The average Bonchev–Trinajstić information content (AvgIpc) is 2.49. The first-order valence-electron chi connectivity index (χ1n) is 8.07. The summed E-state index contributed by atoms with van der Waals surface area (Å²) in [6, 6.07) is 0. The third kappa shape index (κ3) is 7.93. The minimum Gasteiger partial charge on any atom is -0.359 e. The number of hydrogen-bond donors (Lipinski definition) is 3. The van der Waals surface area contributed by atoms with Crippen molar-refractivity contribution in [3.05, 3.63) is 0 Å². The Balaban J connectivity index is 4.26. The van der Waals surface area contributed by atoms with Crippen LogP contribution in [0.4, 0.5) is 0 Å². The van der Waals surface area contributed by atoms with Crippen molar-refractivity contribution in [1.82, 2.24) is 16.0 Å². The number of amides is 1. The molecule has 0 aromatic carbocycles. The molecular formula is C16H34N4O. The number of nitrogens with one attached hydrogen (secondary N) is 3. The predicted octanol–water partition coefficient (Wildman–Crippen LogP) is 2.14. The molecule has 0 fully saturated rings. The SMILES string of the molecule is CCCCC(CC)CNC(=NC)NCC(C)(C)C(=O)NC. The van der Waals surface area contributed by atoms with E-state index in [1.807, 2.05) is 13.8 Å². The Kier molecular flexibility index (Phi) is 9.84. The van der Waals surface area contributed by atoms with Gasteiger partial charge in [-0.2, -0.15) is 0 Å². The number of guanidine groups is 1. The molecule has 0 saturated heterocycles. The molecule has 0 aliphatic carbocycles. The Morgan fingerprint density at radius 3 is 2.38 bits per heavy atom. The van der Waals surface area contributed by atoms with Crippen LogP contribution in [-0.4, -0.2) is 39.1 Å². The van der Waals surface area contributed by atoms with Gasteiger partial charge in [-0.3, -0.25) is 9.79 Å². The Hall–Kier alpha value is -1.26. The van der Waals surface area contributed by atoms with Crippen LogP contribution in [0.3, 0.4) is 0 Å². The largest absolute Gasteiger partial charge is 0.359 e. The maximum atomic E-state index is 11.8. The quantitative estimate of drug-likeness (QED) is 0.451. The van der Waals surface area contributed by atoms with E-state index < -0.39 is 5.41 Å². The molecule has 5 nitrogen and oxygen atoms in total. The van der Waals surface area contributed by atoms with Crippen molar-refractivity contribution in [2.45, 2.75) is 53.4 Å². The summed E-state index contributed by atoms with van der Waals surface area (Å²) in [5.41, 5.74) is -0.460. The van der Waals surface area contributed by atoms with Crippen LogP contribution >= 0.6 is 0 Å². The summed E-state index contributed by atoms with van der Waals surface area (Å²) in [4.78, 5) is 16.0. The van der Waals surface area contributed by atoms with Crippen molar-refractivity contribution in [3.63, 3.8) is 0 Å². The lowest BCUT2D eigenvalue weighted by atomic mass is 9.92. The maximum Gasteiger partial charge on any atom is 0.227 e. The molecule has 0 rings (SSSR count). The van der Waals surface area contributed by atoms with Crippen molar-refractivity contribution in [2.75, 3.05) is 27.2 Å². The summed E-state index contributed by atoms with van der Waals surface area (Å²) >= 11 is 0. The van der Waals surface area contributed by atoms with Crippen molar-refractivity contribution >= 4 is 11.9 Å². The molecular weight excluding hydrogens is 264 g/mol. The molecule has 0 aromatic rings. The molecule has 3 N–H and O–H groups in total. The zero-order valence-electron chi connectivity index (χ0n) is 14.7. The summed E-state index contributed by atoms with van der Waals surface area (Å²) in [6.45, 7) is 9.77. The average molecular weight is 298 g/mol. The second-order valence-electron chi connectivity index (χ2n) is 6.19. The monoisotopic (exact) mass is 298 g/mol. The van der Waals surface area contributed by atoms with Gasteiger partial charge in [0.1, 0.15) is 0 Å². The van der Waals surface area contributed by atoms with Gasteiger partial charge in [-0.15, -0.1) is 0 Å². The van der Waals surface area contributed by atoms with E-state index in [9.17, 15) is 4.79 Å². The second kappa shape index (κ2) is 10.5. The highest BCUT2D eigenvalue weighted by molar-refractivity contribution is 5.84. The van der Waals surface area contributed by atoms with E-state index in [0.29, 0.717) is 12.5 Å². The van der Waals surface area contributed by atoms with E-state index in [4.69, 9.17) is 0 Å². The molecule has 0 saturated carbocycles. The van der Waals surface area contributed by atoms with E-state index in [2.05, 4.69) is 34.8 Å². The standard InChI is InChI=1S/C16H34N4O/c1-7-9-10-13(8-2)11-19-15(18-6)20-12-16(3,4)14(21)17-5/h13H,7-12H2,1-6H3,(H,17,21)(H2,18,19,20). The van der Waals surface area contributed by atoms with Gasteiger partial charge in [-0.05, 0) is 26.2 Å². The molecule has 0 spiro atoms. The first-order valence-corrected chi connectivity index (χ1v) is 8.07. The Bertz CT molecular complexity index is 326. The molecule has 0 aliphatic rings. The highest BCUT2D eigenvalue weighted by Crippen LogP contribution is 2.13. The number of aliphatic imine (C=N–C) groups is 1. The lowest BCUT2D eigenvalue weighted by molar-refractivity contribution is -0.128. The van der Waals surface area contributed by atoms with Crippen molar-refractivity contribution in [2.24, 2.45) is 16.3 Å². The van der Waals surface area contributed by atoms with Gasteiger partial charge in [0.15, 0.2) is 5.96 Å². The molecule has 21 heavy (non-hydrogen) atoms. The van der Waals surface area contributed by atoms with Crippen LogP contribution in [0, 0.1) is 11.3 Å². The summed E-state index contributed by atoms with van der Waals surface area (Å²) in [7, 11) is 3.42. The lowest BCUT2D eigenvalue weighted by Crippen LogP contribution is -2.47. The third-order valence-corrected chi connectivity index (χ3v) is 3.86. The molecule has 124 valence electrons.